The van der Waals surface area contributed by atoms with Crippen LogP contribution in [0, 0.1) is 68.0 Å². The van der Waals surface area contributed by atoms with Gasteiger partial charge in [0.1, 0.15) is 28.2 Å². The van der Waals surface area contributed by atoms with E-state index in [0.29, 0.717) is 22.3 Å². The summed E-state index contributed by atoms with van der Waals surface area (Å²) in [5, 5.41) is 0. The van der Waals surface area contributed by atoms with Gasteiger partial charge in [0.2, 0.25) is 22.8 Å². The molecule has 0 radical (unpaired) electrons. The maximum absolute atomic E-state index is 8.36. The van der Waals surface area contributed by atoms with Gasteiger partial charge in [-0.2, -0.15) is 0 Å². The molecule has 0 atom stereocenters. The van der Waals surface area contributed by atoms with Crippen molar-refractivity contribution in [2.24, 2.45) is 34.1 Å². The predicted octanol–water partition coefficient (Wildman–Crippen LogP) is 17.9. The van der Waals surface area contributed by atoms with E-state index in [4.69, 9.17) is 15.1 Å². The van der Waals surface area contributed by atoms with Crippen molar-refractivity contribution in [2.75, 3.05) is 0 Å². The fourth-order valence-corrected chi connectivity index (χ4v) is 10.5. The molecule has 0 fully saturated rings. The van der Waals surface area contributed by atoms with Crippen molar-refractivity contribution in [3.63, 3.8) is 0 Å². The smallest absolute Gasteiger partial charge is 0.201 e. The molecule has 4 aromatic heterocycles. The van der Waals surface area contributed by atoms with E-state index in [1.54, 1.807) is 36.4 Å². The number of hydrogen-bond donors (Lipinski definition) is 0. The van der Waals surface area contributed by atoms with Gasteiger partial charge in [0.25, 0.3) is 0 Å². The second kappa shape index (κ2) is 26.2. The van der Waals surface area contributed by atoms with E-state index >= 15 is 0 Å². The van der Waals surface area contributed by atoms with Gasteiger partial charge in [-0.1, -0.05) is 168 Å². The van der Waals surface area contributed by atoms with Gasteiger partial charge in [-0.25, -0.2) is 18.3 Å². The van der Waals surface area contributed by atoms with E-state index in [0.717, 1.165) is 56.0 Å². The Morgan fingerprint density at radius 2 is 0.765 bits per heavy atom. The van der Waals surface area contributed by atoms with Crippen LogP contribution in [0.25, 0.3) is 45.0 Å². The van der Waals surface area contributed by atoms with Gasteiger partial charge in [-0.3, -0.25) is 0 Å². The summed E-state index contributed by atoms with van der Waals surface area (Å²) < 4.78 is 93.0. The van der Waals surface area contributed by atoms with Crippen molar-refractivity contribution in [3.8, 4) is 45.0 Å². The number of aryl methyl sites for hydroxylation is 13. The monoisotopic (exact) mass is 1100 g/mol. The lowest BCUT2D eigenvalue weighted by atomic mass is 9.75. The lowest BCUT2D eigenvalue weighted by Gasteiger charge is -2.29. The average Bonchev–Trinajstić information content (AvgIpc) is 0.789. The average molecular weight is 1100 g/mol. The quantitative estimate of drug-likeness (QED) is 0.148. The topological polar surface area (TPSA) is 15.5 Å². The molecule has 0 saturated carbocycles. The number of aromatic nitrogens is 4. The van der Waals surface area contributed by atoms with Crippen LogP contribution in [-0.4, -0.2) is 0 Å². The molecule has 8 rings (SSSR count). The van der Waals surface area contributed by atoms with E-state index in [2.05, 4.69) is 185 Å². The molecule has 4 heteroatoms. The zero-order valence-electron chi connectivity index (χ0n) is 65.1. The molecule has 0 bridgehead atoms. The first-order valence-corrected chi connectivity index (χ1v) is 28.7. The minimum atomic E-state index is -2.11. The highest BCUT2D eigenvalue weighted by Gasteiger charge is 2.31. The Morgan fingerprint density at radius 1 is 0.370 bits per heavy atom. The summed E-state index contributed by atoms with van der Waals surface area (Å²) in [5.74, 6) is -0.127. The Morgan fingerprint density at radius 3 is 1.17 bits per heavy atom. The minimum Gasteiger partial charge on any atom is -0.201 e. The van der Waals surface area contributed by atoms with Crippen LogP contribution >= 0.6 is 0 Å². The van der Waals surface area contributed by atoms with Crippen LogP contribution in [0.3, 0.4) is 0 Å². The van der Waals surface area contributed by atoms with Crippen LogP contribution in [0.5, 0.6) is 0 Å². The number of nitrogens with zero attached hydrogens (tertiary/aromatic N) is 4. The van der Waals surface area contributed by atoms with Gasteiger partial charge in [0, 0.05) is 83.9 Å². The molecule has 4 heterocycles. The Kier molecular flexibility index (Phi) is 16.2. The molecule has 0 N–H and O–H groups in total. The fraction of sp³-hybridized carbons (Fsp3) is 0.429. The van der Waals surface area contributed by atoms with Crippen LogP contribution < -0.4 is 18.3 Å². The van der Waals surface area contributed by atoms with Crippen molar-refractivity contribution in [3.05, 3.63) is 212 Å². The van der Waals surface area contributed by atoms with Crippen LogP contribution in [-0.2, 0) is 56.2 Å². The van der Waals surface area contributed by atoms with E-state index in [-0.39, 0.29) is 27.6 Å². The lowest BCUT2D eigenvalue weighted by Crippen LogP contribution is -2.36. The highest BCUT2D eigenvalue weighted by Crippen LogP contribution is 2.36. The Hall–Kier alpha value is -6.52. The normalized spacial score (nSPS) is 14.5. The number of benzene rings is 4. The maximum Gasteiger partial charge on any atom is 0.212 e. The third kappa shape index (κ3) is 17.0. The van der Waals surface area contributed by atoms with Crippen molar-refractivity contribution < 1.29 is 33.3 Å². The van der Waals surface area contributed by atoms with E-state index in [1.165, 1.54) is 44.6 Å². The van der Waals surface area contributed by atoms with Gasteiger partial charge in [0.05, 0.1) is 0 Å². The summed E-state index contributed by atoms with van der Waals surface area (Å²) in [5.41, 5.74) is 22.9. The fourth-order valence-electron chi connectivity index (χ4n) is 10.5. The summed E-state index contributed by atoms with van der Waals surface area (Å²) in [4.78, 5) is 0. The zero-order chi connectivity index (χ0) is 70.1. The van der Waals surface area contributed by atoms with E-state index in [9.17, 15) is 0 Å². The van der Waals surface area contributed by atoms with Crippen LogP contribution in [0.4, 0.5) is 0 Å². The second-order valence-electron chi connectivity index (χ2n) is 26.9. The Labute approximate surface area is 509 Å². The van der Waals surface area contributed by atoms with Crippen LogP contribution in [0.2, 0.25) is 0 Å². The molecule has 4 aromatic carbocycles. The SMILES string of the molecule is Cc1ccccc1-c1cc(C(C)(C)C)c(C(C)(C)C)c[n+]1C.[2H]C([2H])([2H])c1ccc(-c2cc(C)c(C(C)(C)C)c[n+]2C)c(C)c1.[2H]C([2H])([2H])c1ccc(-c2cc(C)c(C([2H])([2H])C(C)C)c[n+]2C)c(C)c1.[2H]C([2H])([2H])c1ccc(-c2ccc(C(C)(C)C)c[n+]2C)c(C)c1. The summed E-state index contributed by atoms with van der Waals surface area (Å²) in [7, 11) is 8.12. The van der Waals surface area contributed by atoms with Gasteiger partial charge < -0.3 is 0 Å². The molecule has 8 aromatic rings. The van der Waals surface area contributed by atoms with Crippen molar-refractivity contribution in [1.82, 2.24) is 0 Å². The maximum atomic E-state index is 8.36. The molecule has 0 saturated heterocycles. The molecule has 0 aliphatic heterocycles. The standard InChI is InChI=1S/C21H30N.2C19H26N.C18H24N/c1-15-11-9-10-12-16(15)19-13-17(20(2,3)4)18(14-22(19)8)21(5,6)7;1-13-8-9-16(14(2)10-13)18-11-15(3)17(12-20(18)7)19(4,5)6;1-13(2)9-17-12-20(6)19(11-15(17)4)18-8-7-14(3)10-16(18)5;1-13-7-9-16(14(2)11-13)17-10-8-15(12-19(17)6)18(3,4)5/h9-14H,1-8H3;8-12H,1-7H3;7-8,10-13H,9H2,1-6H3;7-12H,1-6H3/q4*+1/i;1D3;3D3,9D2;1D3. The predicted molar refractivity (Wildman–Crippen MR) is 348 cm³/mol. The first kappa shape index (κ1) is 50.2. The van der Waals surface area contributed by atoms with Gasteiger partial charge >= 0.3 is 0 Å². The first-order chi connectivity index (χ1) is 41.8. The molecular formula is C77H106N4+4. The van der Waals surface area contributed by atoms with Crippen molar-refractivity contribution >= 4 is 0 Å². The second-order valence-corrected chi connectivity index (χ2v) is 26.9. The largest absolute Gasteiger partial charge is 0.212 e. The molecule has 81 heavy (non-hydrogen) atoms. The highest BCUT2D eigenvalue weighted by atomic mass is 14.9. The molecule has 0 unspecified atom stereocenters. The summed E-state index contributed by atoms with van der Waals surface area (Å²) in [6.07, 6.45) is 7.10. The molecular weight excluding hydrogens is 981 g/mol. The van der Waals surface area contributed by atoms with Crippen molar-refractivity contribution in [1.29, 1.82) is 0 Å². The Bertz CT molecular complexity index is 3870. The summed E-state index contributed by atoms with van der Waals surface area (Å²) >= 11 is 0. The van der Waals surface area contributed by atoms with Crippen LogP contribution in [0.15, 0.2) is 134 Å². The Balaban J connectivity index is 0.000000223. The molecule has 0 amide bonds. The molecule has 430 valence electrons. The number of hydrogen-bond acceptors (Lipinski definition) is 0. The molecule has 4 nitrogen and oxygen atoms in total. The van der Waals surface area contributed by atoms with Gasteiger partial charge in [0.15, 0.2) is 24.8 Å². The van der Waals surface area contributed by atoms with Gasteiger partial charge in [-0.05, 0) is 165 Å². The summed E-state index contributed by atoms with van der Waals surface area (Å²) in [6.45, 7) is 36.6. The summed E-state index contributed by atoms with van der Waals surface area (Å²) in [6, 6.07) is 35.4. The molecule has 0 spiro atoms. The van der Waals surface area contributed by atoms with E-state index in [1.807, 2.05) is 97.7 Å². The molecule has 0 aliphatic carbocycles. The number of pyridine rings is 4. The molecule has 0 aliphatic rings. The van der Waals surface area contributed by atoms with Gasteiger partial charge in [-0.15, -0.1) is 0 Å². The van der Waals surface area contributed by atoms with E-state index < -0.39 is 26.9 Å². The highest BCUT2D eigenvalue weighted by molar-refractivity contribution is 5.65. The van der Waals surface area contributed by atoms with Crippen molar-refractivity contribution in [2.45, 2.75) is 187 Å². The third-order valence-corrected chi connectivity index (χ3v) is 15.0. The first-order valence-electron chi connectivity index (χ1n) is 34.2. The minimum absolute atomic E-state index is 0.0978. The van der Waals surface area contributed by atoms with Crippen LogP contribution in [0.1, 0.15) is 190 Å². The number of rotatable bonds is 6. The zero-order valence-corrected chi connectivity index (χ0v) is 54.1. The third-order valence-electron chi connectivity index (χ3n) is 15.0. The lowest BCUT2D eigenvalue weighted by molar-refractivity contribution is -0.661.